The van der Waals surface area contributed by atoms with Gasteiger partial charge in [0.1, 0.15) is 0 Å². The Hall–Kier alpha value is -1.51. The highest BCUT2D eigenvalue weighted by atomic mass is 16.2. The Kier molecular flexibility index (Phi) is 5.66. The molecule has 0 aliphatic heterocycles. The summed E-state index contributed by atoms with van der Waals surface area (Å²) in [7, 11) is 3.59. The number of rotatable bonds is 3. The summed E-state index contributed by atoms with van der Waals surface area (Å²) in [4.78, 5) is 13.7. The Morgan fingerprint density at radius 1 is 1.10 bits per heavy atom. The molecule has 1 aromatic rings. The lowest BCUT2D eigenvalue weighted by molar-refractivity contribution is 0.0827. The largest absolute Gasteiger partial charge is 0.382 e. The summed E-state index contributed by atoms with van der Waals surface area (Å²) in [6.07, 6.45) is 9.21. The maximum atomic E-state index is 12.1. The molecule has 21 heavy (non-hydrogen) atoms. The smallest absolute Gasteiger partial charge is 0.253 e. The Bertz CT molecular complexity index is 474. The number of benzene rings is 1. The van der Waals surface area contributed by atoms with Crippen LogP contribution in [0.25, 0.3) is 0 Å². The molecule has 3 heteroatoms. The van der Waals surface area contributed by atoms with Crippen molar-refractivity contribution in [3.63, 3.8) is 0 Å². The van der Waals surface area contributed by atoms with Crippen LogP contribution in [0, 0.1) is 6.92 Å². The number of hydrogen-bond donors (Lipinski definition) is 1. The van der Waals surface area contributed by atoms with E-state index in [4.69, 9.17) is 0 Å². The van der Waals surface area contributed by atoms with E-state index >= 15 is 0 Å². The molecule has 0 bridgehead atoms. The number of nitrogens with one attached hydrogen (secondary N) is 1. The van der Waals surface area contributed by atoms with Crippen LogP contribution >= 0.6 is 0 Å². The Morgan fingerprint density at radius 3 is 2.33 bits per heavy atom. The van der Waals surface area contributed by atoms with Crippen molar-refractivity contribution < 1.29 is 4.79 Å². The monoisotopic (exact) mass is 288 g/mol. The molecule has 1 amide bonds. The molecule has 2 rings (SSSR count). The summed E-state index contributed by atoms with van der Waals surface area (Å²) >= 11 is 0. The Morgan fingerprint density at radius 2 is 1.71 bits per heavy atom. The Labute approximate surface area is 128 Å². The second-order valence-corrected chi connectivity index (χ2v) is 6.42. The average Bonchev–Trinajstić information content (AvgIpc) is 2.42. The summed E-state index contributed by atoms with van der Waals surface area (Å²) in [5, 5.41) is 3.68. The molecule has 1 fully saturated rings. The fraction of sp³-hybridized carbons (Fsp3) is 0.611. The minimum absolute atomic E-state index is 0.0655. The van der Waals surface area contributed by atoms with Gasteiger partial charge in [0.05, 0.1) is 0 Å². The highest BCUT2D eigenvalue weighted by molar-refractivity contribution is 5.95. The van der Waals surface area contributed by atoms with Gasteiger partial charge in [0, 0.05) is 31.4 Å². The van der Waals surface area contributed by atoms with Gasteiger partial charge in [0.15, 0.2) is 0 Å². The molecule has 0 spiro atoms. The van der Waals surface area contributed by atoms with Crippen LogP contribution in [0.15, 0.2) is 18.2 Å². The molecule has 0 aromatic heterocycles. The van der Waals surface area contributed by atoms with Crippen molar-refractivity contribution >= 4 is 11.6 Å². The van der Waals surface area contributed by atoms with Crippen LogP contribution in [0.3, 0.4) is 0 Å². The lowest BCUT2D eigenvalue weighted by atomic mass is 9.96. The molecule has 1 saturated carbocycles. The molecular weight excluding hydrogens is 260 g/mol. The molecule has 1 aliphatic carbocycles. The van der Waals surface area contributed by atoms with Crippen molar-refractivity contribution in [2.24, 2.45) is 0 Å². The quantitative estimate of drug-likeness (QED) is 0.903. The molecular formula is C18H28N2O. The number of aryl methyl sites for hydroxylation is 1. The van der Waals surface area contributed by atoms with E-state index in [9.17, 15) is 4.79 Å². The topological polar surface area (TPSA) is 32.3 Å². The molecule has 0 radical (unpaired) electrons. The van der Waals surface area contributed by atoms with Crippen LogP contribution in [-0.4, -0.2) is 30.9 Å². The normalized spacial score (nSPS) is 16.9. The summed E-state index contributed by atoms with van der Waals surface area (Å²) < 4.78 is 0. The second-order valence-electron chi connectivity index (χ2n) is 6.42. The third kappa shape index (κ3) is 4.48. The predicted molar refractivity (Wildman–Crippen MR) is 88.9 cm³/mol. The van der Waals surface area contributed by atoms with Crippen molar-refractivity contribution in [2.75, 3.05) is 19.4 Å². The van der Waals surface area contributed by atoms with Crippen molar-refractivity contribution in [1.82, 2.24) is 4.90 Å². The van der Waals surface area contributed by atoms with Gasteiger partial charge in [-0.2, -0.15) is 0 Å². The zero-order valence-electron chi connectivity index (χ0n) is 13.6. The van der Waals surface area contributed by atoms with Crippen LogP contribution in [0.2, 0.25) is 0 Å². The van der Waals surface area contributed by atoms with E-state index in [1.165, 1.54) is 50.5 Å². The van der Waals surface area contributed by atoms with Gasteiger partial charge in [0.2, 0.25) is 0 Å². The zero-order chi connectivity index (χ0) is 15.2. The first-order valence-corrected chi connectivity index (χ1v) is 8.17. The van der Waals surface area contributed by atoms with E-state index in [-0.39, 0.29) is 5.91 Å². The summed E-state index contributed by atoms with van der Waals surface area (Å²) in [5.41, 5.74) is 3.10. The number of carbonyl (C=O) groups excluding carboxylic acids is 1. The van der Waals surface area contributed by atoms with Crippen LogP contribution < -0.4 is 5.32 Å². The number of hydrogen-bond acceptors (Lipinski definition) is 2. The van der Waals surface area contributed by atoms with Gasteiger partial charge in [-0.3, -0.25) is 4.79 Å². The van der Waals surface area contributed by atoms with Gasteiger partial charge in [0.25, 0.3) is 5.91 Å². The number of carbonyl (C=O) groups is 1. The van der Waals surface area contributed by atoms with Crippen LogP contribution in [-0.2, 0) is 0 Å². The van der Waals surface area contributed by atoms with E-state index in [1.807, 2.05) is 18.2 Å². The fourth-order valence-corrected chi connectivity index (χ4v) is 2.99. The molecule has 1 aliphatic rings. The first-order chi connectivity index (χ1) is 10.1. The van der Waals surface area contributed by atoms with Crippen molar-refractivity contribution in [2.45, 2.75) is 57.9 Å². The molecule has 0 unspecified atom stereocenters. The first-order valence-electron chi connectivity index (χ1n) is 8.17. The SMILES string of the molecule is Cc1ccc(C(=O)N(C)C)cc1NC1CCCCCCC1. The summed E-state index contributed by atoms with van der Waals surface area (Å²) in [6.45, 7) is 2.11. The van der Waals surface area contributed by atoms with Gasteiger partial charge in [-0.1, -0.05) is 38.2 Å². The molecule has 0 saturated heterocycles. The lowest BCUT2D eigenvalue weighted by Gasteiger charge is -2.23. The third-order valence-corrected chi connectivity index (χ3v) is 4.36. The first kappa shape index (κ1) is 15.9. The minimum atomic E-state index is 0.0655. The molecule has 1 aromatic carbocycles. The number of anilines is 1. The van der Waals surface area contributed by atoms with E-state index in [0.717, 1.165) is 11.3 Å². The molecule has 0 atom stereocenters. The standard InChI is InChI=1S/C18H28N2O/c1-14-11-12-15(18(21)20(2)3)13-17(14)19-16-9-7-5-4-6-8-10-16/h11-13,16,19H,4-10H2,1-3H3. The number of amides is 1. The molecule has 1 N–H and O–H groups in total. The molecule has 116 valence electrons. The molecule has 0 heterocycles. The van der Waals surface area contributed by atoms with Gasteiger partial charge in [-0.25, -0.2) is 0 Å². The van der Waals surface area contributed by atoms with Gasteiger partial charge in [-0.05, 0) is 37.5 Å². The third-order valence-electron chi connectivity index (χ3n) is 4.36. The second kappa shape index (κ2) is 7.48. The van der Waals surface area contributed by atoms with Gasteiger partial charge in [-0.15, -0.1) is 0 Å². The highest BCUT2D eigenvalue weighted by Gasteiger charge is 2.14. The van der Waals surface area contributed by atoms with Crippen LogP contribution in [0.4, 0.5) is 5.69 Å². The maximum absolute atomic E-state index is 12.1. The maximum Gasteiger partial charge on any atom is 0.253 e. The lowest BCUT2D eigenvalue weighted by Crippen LogP contribution is -2.23. The zero-order valence-corrected chi connectivity index (χ0v) is 13.6. The van der Waals surface area contributed by atoms with Crippen molar-refractivity contribution in [3.05, 3.63) is 29.3 Å². The van der Waals surface area contributed by atoms with E-state index < -0.39 is 0 Å². The van der Waals surface area contributed by atoms with Crippen molar-refractivity contribution in [1.29, 1.82) is 0 Å². The van der Waals surface area contributed by atoms with E-state index in [2.05, 4.69) is 12.2 Å². The summed E-state index contributed by atoms with van der Waals surface area (Å²) in [5.74, 6) is 0.0655. The van der Waals surface area contributed by atoms with E-state index in [1.54, 1.807) is 19.0 Å². The Balaban J connectivity index is 2.10. The average molecular weight is 288 g/mol. The van der Waals surface area contributed by atoms with Gasteiger partial charge < -0.3 is 10.2 Å². The van der Waals surface area contributed by atoms with Crippen molar-refractivity contribution in [3.8, 4) is 0 Å². The van der Waals surface area contributed by atoms with Crippen LogP contribution in [0.5, 0.6) is 0 Å². The highest BCUT2D eigenvalue weighted by Crippen LogP contribution is 2.24. The summed E-state index contributed by atoms with van der Waals surface area (Å²) in [6, 6.07) is 6.52. The van der Waals surface area contributed by atoms with Crippen LogP contribution in [0.1, 0.15) is 60.9 Å². The molecule has 3 nitrogen and oxygen atoms in total. The predicted octanol–water partition coefficient (Wildman–Crippen LogP) is 4.22. The van der Waals surface area contributed by atoms with E-state index in [0.29, 0.717) is 6.04 Å². The number of nitrogens with zero attached hydrogens (tertiary/aromatic N) is 1. The minimum Gasteiger partial charge on any atom is -0.382 e. The van der Waals surface area contributed by atoms with Gasteiger partial charge >= 0.3 is 0 Å². The fourth-order valence-electron chi connectivity index (χ4n) is 2.99.